The molecule has 19 heavy (non-hydrogen) atoms. The molecule has 6 heteroatoms. The zero-order valence-corrected chi connectivity index (χ0v) is 12.1. The second kappa shape index (κ2) is 8.58. The number of unbranched alkanes of at least 4 members (excludes halogenated alkanes) is 2. The van der Waals surface area contributed by atoms with E-state index in [0.717, 1.165) is 31.2 Å². The molecular weight excluding hydrogens is 288 g/mol. The number of rotatable bonds is 9. The molecule has 0 saturated carbocycles. The third-order valence-corrected chi connectivity index (χ3v) is 3.96. The van der Waals surface area contributed by atoms with Gasteiger partial charge < -0.3 is 0 Å². The van der Waals surface area contributed by atoms with Crippen molar-refractivity contribution < 1.29 is 28.0 Å². The third-order valence-electron chi connectivity index (χ3n) is 2.53. The van der Waals surface area contributed by atoms with E-state index in [9.17, 15) is 14.0 Å². The molecule has 0 saturated heterocycles. The van der Waals surface area contributed by atoms with Gasteiger partial charge in [-0.25, -0.2) is 0 Å². The zero-order chi connectivity index (χ0) is 14.1. The number of halogens is 1. The lowest BCUT2D eigenvalue weighted by Crippen LogP contribution is -2.59. The van der Waals surface area contributed by atoms with Gasteiger partial charge in [-0.2, -0.15) is 14.0 Å². The van der Waals surface area contributed by atoms with Gasteiger partial charge in [0.05, 0.1) is 10.2 Å². The summed E-state index contributed by atoms with van der Waals surface area (Å²) in [7, 11) is -4.30. The van der Waals surface area contributed by atoms with E-state index in [-0.39, 0.29) is 0 Å². The van der Waals surface area contributed by atoms with E-state index in [1.807, 2.05) is 18.2 Å². The molecule has 0 bridgehead atoms. The van der Waals surface area contributed by atoms with E-state index >= 15 is 0 Å². The highest BCUT2D eigenvalue weighted by Gasteiger charge is 2.17. The molecule has 0 amide bonds. The molecule has 0 fully saturated rings. The number of aryl methyl sites for hydroxylation is 1. The SMILES string of the molecule is C=Cc1ccc(CCCCCSO[Cl+3]([O-])([O-])[O-])cc1. The molecule has 1 aromatic carbocycles. The Morgan fingerprint density at radius 1 is 1.11 bits per heavy atom. The Morgan fingerprint density at radius 2 is 1.79 bits per heavy atom. The summed E-state index contributed by atoms with van der Waals surface area (Å²) in [6, 6.07) is 8.23. The summed E-state index contributed by atoms with van der Waals surface area (Å²) < 4.78 is 34.4. The maximum absolute atomic E-state index is 10.1. The average Bonchev–Trinajstić information content (AvgIpc) is 2.37. The molecule has 0 aliphatic carbocycles. The lowest BCUT2D eigenvalue weighted by molar-refractivity contribution is -1.91. The number of hydrogen-bond acceptors (Lipinski definition) is 5. The van der Waals surface area contributed by atoms with Gasteiger partial charge in [-0.05, 0) is 30.4 Å². The Kier molecular flexibility index (Phi) is 7.45. The molecule has 0 heterocycles. The predicted octanol–water partition coefficient (Wildman–Crippen LogP) is 0.604. The van der Waals surface area contributed by atoms with Crippen molar-refractivity contribution in [3.63, 3.8) is 0 Å². The highest BCUT2D eigenvalue weighted by molar-refractivity contribution is 7.94. The first-order valence-corrected chi connectivity index (χ1v) is 8.09. The minimum absolute atomic E-state index is 0.504. The molecule has 0 aromatic heterocycles. The maximum atomic E-state index is 10.1. The predicted molar refractivity (Wildman–Crippen MR) is 67.6 cm³/mol. The summed E-state index contributed by atoms with van der Waals surface area (Å²) in [6.45, 7) is 3.70. The fourth-order valence-corrected chi connectivity index (χ4v) is 2.58. The topological polar surface area (TPSA) is 78.4 Å². The number of benzene rings is 1. The molecule has 1 rings (SSSR count). The Balaban J connectivity index is 2.05. The fraction of sp³-hybridized carbons (Fsp3) is 0.385. The standard InChI is InChI=1S/C13H17ClO4S/c1-2-12-7-9-13(10-8-12)6-4-3-5-11-19-18-14(15,16)17/h2,7-10H,1,3-6,11H2. The van der Waals surface area contributed by atoms with Crippen molar-refractivity contribution in [2.75, 3.05) is 5.75 Å². The van der Waals surface area contributed by atoms with Gasteiger partial charge >= 0.3 is 0 Å². The molecule has 0 N–H and O–H groups in total. The minimum Gasteiger partial charge on any atom is -0.182 e. The van der Waals surface area contributed by atoms with Gasteiger partial charge in [-0.3, -0.25) is 0 Å². The van der Waals surface area contributed by atoms with Crippen LogP contribution in [0.4, 0.5) is 0 Å². The highest BCUT2D eigenvalue weighted by Crippen LogP contribution is 2.13. The Hall–Kier alpha value is -0.560. The van der Waals surface area contributed by atoms with Crippen LogP contribution in [0.5, 0.6) is 0 Å². The van der Waals surface area contributed by atoms with Crippen LogP contribution in [0.25, 0.3) is 6.08 Å². The first-order chi connectivity index (χ1) is 9.01. The van der Waals surface area contributed by atoms with Crippen LogP contribution in [-0.2, 0) is 10.2 Å². The molecule has 0 spiro atoms. The lowest BCUT2D eigenvalue weighted by atomic mass is 10.1. The summed E-state index contributed by atoms with van der Waals surface area (Å²) >= 11 is 0.687. The van der Waals surface area contributed by atoms with Crippen molar-refractivity contribution >= 4 is 18.1 Å². The van der Waals surface area contributed by atoms with Gasteiger partial charge in [0.15, 0.2) is 12.0 Å². The van der Waals surface area contributed by atoms with Crippen LogP contribution < -0.4 is 14.0 Å². The zero-order valence-electron chi connectivity index (χ0n) is 10.5. The largest absolute Gasteiger partial charge is 0.182 e. The van der Waals surface area contributed by atoms with Gasteiger partial charge in [-0.15, -0.1) is 0 Å². The molecule has 0 aliphatic rings. The van der Waals surface area contributed by atoms with Gasteiger partial charge in [0.2, 0.25) is 0 Å². The van der Waals surface area contributed by atoms with Gasteiger partial charge in [0.1, 0.15) is 3.74 Å². The van der Waals surface area contributed by atoms with Crippen LogP contribution in [0.2, 0.25) is 0 Å². The summed E-state index contributed by atoms with van der Waals surface area (Å²) in [6.07, 6.45) is 5.61. The molecular formula is C13H17ClO4S. The van der Waals surface area contributed by atoms with Crippen LogP contribution in [0.15, 0.2) is 30.8 Å². The smallest absolute Gasteiger partial charge is 0.172 e. The van der Waals surface area contributed by atoms with Crippen molar-refractivity contribution in [2.45, 2.75) is 25.7 Å². The maximum Gasteiger partial charge on any atom is 0.172 e. The van der Waals surface area contributed by atoms with Gasteiger partial charge in [0.25, 0.3) is 0 Å². The highest BCUT2D eigenvalue weighted by atomic mass is 35.7. The molecule has 0 atom stereocenters. The quantitative estimate of drug-likeness (QED) is 0.493. The van der Waals surface area contributed by atoms with Crippen molar-refractivity contribution in [3.8, 4) is 0 Å². The van der Waals surface area contributed by atoms with Crippen LogP contribution in [0.1, 0.15) is 30.4 Å². The van der Waals surface area contributed by atoms with Gasteiger partial charge in [-0.1, -0.05) is 43.3 Å². The molecule has 0 radical (unpaired) electrons. The minimum atomic E-state index is -4.30. The van der Waals surface area contributed by atoms with Crippen molar-refractivity contribution in [1.82, 2.24) is 0 Å². The summed E-state index contributed by atoms with van der Waals surface area (Å²) in [5.41, 5.74) is 2.38. The van der Waals surface area contributed by atoms with Crippen LogP contribution in [-0.4, -0.2) is 5.75 Å². The lowest BCUT2D eigenvalue weighted by Gasteiger charge is -2.10. The van der Waals surface area contributed by atoms with E-state index < -0.39 is 10.2 Å². The molecule has 1 aromatic rings. The van der Waals surface area contributed by atoms with E-state index in [1.165, 1.54) is 5.56 Å². The second-order valence-corrected chi connectivity index (χ2v) is 5.92. The van der Waals surface area contributed by atoms with Crippen LogP contribution >= 0.6 is 12.0 Å². The molecule has 4 nitrogen and oxygen atoms in total. The summed E-state index contributed by atoms with van der Waals surface area (Å²) in [4.78, 5) is 0. The van der Waals surface area contributed by atoms with Gasteiger partial charge in [0, 0.05) is 5.75 Å². The fourth-order valence-electron chi connectivity index (χ4n) is 1.57. The first kappa shape index (κ1) is 16.5. The second-order valence-electron chi connectivity index (χ2n) is 4.02. The monoisotopic (exact) mass is 304 g/mol. The Morgan fingerprint density at radius 3 is 2.37 bits per heavy atom. The Labute approximate surface area is 120 Å². The van der Waals surface area contributed by atoms with E-state index in [1.54, 1.807) is 0 Å². The van der Waals surface area contributed by atoms with E-state index in [4.69, 9.17) is 0 Å². The first-order valence-electron chi connectivity index (χ1n) is 5.94. The summed E-state index contributed by atoms with van der Waals surface area (Å²) in [5.74, 6) is 0.504. The van der Waals surface area contributed by atoms with E-state index in [2.05, 4.69) is 22.4 Å². The third kappa shape index (κ3) is 8.26. The average molecular weight is 305 g/mol. The molecule has 106 valence electrons. The Bertz CT molecular complexity index is 375. The normalized spacial score (nSPS) is 11.5. The number of hydrogen-bond donors (Lipinski definition) is 0. The van der Waals surface area contributed by atoms with Crippen LogP contribution in [0.3, 0.4) is 0 Å². The summed E-state index contributed by atoms with van der Waals surface area (Å²) in [5, 5.41) is 0. The molecule has 0 unspecified atom stereocenters. The van der Waals surface area contributed by atoms with Crippen molar-refractivity contribution in [3.05, 3.63) is 42.0 Å². The molecule has 0 aliphatic heterocycles. The van der Waals surface area contributed by atoms with E-state index in [0.29, 0.717) is 17.8 Å². The van der Waals surface area contributed by atoms with Crippen molar-refractivity contribution in [2.24, 2.45) is 0 Å². The van der Waals surface area contributed by atoms with Crippen LogP contribution in [0, 0.1) is 10.2 Å². The van der Waals surface area contributed by atoms with Crippen molar-refractivity contribution in [1.29, 1.82) is 0 Å².